The summed E-state index contributed by atoms with van der Waals surface area (Å²) in [5.41, 5.74) is 7.16. The highest BCUT2D eigenvalue weighted by Gasteiger charge is 2.16. The summed E-state index contributed by atoms with van der Waals surface area (Å²) in [6.45, 7) is 3.54. The Kier molecular flexibility index (Phi) is 2.90. The van der Waals surface area contributed by atoms with E-state index in [2.05, 4.69) is 4.98 Å². The second-order valence-electron chi connectivity index (χ2n) is 2.90. The van der Waals surface area contributed by atoms with Crippen LogP contribution in [0.4, 0.5) is 0 Å². The molecule has 5 heteroatoms. The standard InChI is InChI=1S/C8H15N3O2/c1-5-7(4-12)11(6(2)9)8(10-5)13-3/h6,12H,4,9H2,1-3H3. The van der Waals surface area contributed by atoms with Gasteiger partial charge in [-0.2, -0.15) is 0 Å². The molecule has 74 valence electrons. The maximum Gasteiger partial charge on any atom is 0.297 e. The van der Waals surface area contributed by atoms with Crippen LogP contribution in [0.25, 0.3) is 0 Å². The quantitative estimate of drug-likeness (QED) is 0.704. The molecule has 0 bridgehead atoms. The molecular weight excluding hydrogens is 170 g/mol. The highest BCUT2D eigenvalue weighted by Crippen LogP contribution is 2.20. The highest BCUT2D eigenvalue weighted by molar-refractivity contribution is 5.19. The molecule has 0 aliphatic rings. The van der Waals surface area contributed by atoms with Crippen LogP contribution in [0.5, 0.6) is 6.01 Å². The first-order chi connectivity index (χ1) is 6.11. The van der Waals surface area contributed by atoms with Crippen molar-refractivity contribution in [3.05, 3.63) is 11.4 Å². The number of aromatic nitrogens is 2. The van der Waals surface area contributed by atoms with Crippen LogP contribution in [0.2, 0.25) is 0 Å². The largest absolute Gasteiger partial charge is 0.468 e. The van der Waals surface area contributed by atoms with Gasteiger partial charge in [-0.1, -0.05) is 0 Å². The molecule has 1 aromatic heterocycles. The Hall–Kier alpha value is -1.07. The third-order valence-corrected chi connectivity index (χ3v) is 1.92. The molecule has 1 rings (SSSR count). The van der Waals surface area contributed by atoms with E-state index >= 15 is 0 Å². The normalized spacial score (nSPS) is 13.0. The van der Waals surface area contributed by atoms with Crippen LogP contribution in [-0.2, 0) is 6.61 Å². The zero-order chi connectivity index (χ0) is 10.0. The van der Waals surface area contributed by atoms with Crippen molar-refractivity contribution in [3.63, 3.8) is 0 Å². The lowest BCUT2D eigenvalue weighted by molar-refractivity contribution is 0.259. The molecule has 3 N–H and O–H groups in total. The summed E-state index contributed by atoms with van der Waals surface area (Å²) in [6, 6.07) is 0.441. The summed E-state index contributed by atoms with van der Waals surface area (Å²) in [5.74, 6) is 0. The molecular formula is C8H15N3O2. The fraction of sp³-hybridized carbons (Fsp3) is 0.625. The van der Waals surface area contributed by atoms with E-state index in [1.54, 1.807) is 4.57 Å². The minimum atomic E-state index is -0.252. The molecule has 1 heterocycles. The zero-order valence-electron chi connectivity index (χ0n) is 8.11. The lowest BCUT2D eigenvalue weighted by Crippen LogP contribution is -2.18. The topological polar surface area (TPSA) is 73.3 Å². The van der Waals surface area contributed by atoms with Gasteiger partial charge in [0.25, 0.3) is 6.01 Å². The van der Waals surface area contributed by atoms with Gasteiger partial charge in [0, 0.05) is 0 Å². The number of hydrogen-bond acceptors (Lipinski definition) is 4. The number of aliphatic hydroxyl groups is 1. The molecule has 0 amide bonds. The Morgan fingerprint density at radius 3 is 2.69 bits per heavy atom. The van der Waals surface area contributed by atoms with Crippen LogP contribution in [0.1, 0.15) is 24.5 Å². The first-order valence-electron chi connectivity index (χ1n) is 4.10. The Morgan fingerprint density at radius 2 is 2.31 bits per heavy atom. The third-order valence-electron chi connectivity index (χ3n) is 1.92. The van der Waals surface area contributed by atoms with Crippen LogP contribution in [-0.4, -0.2) is 21.8 Å². The van der Waals surface area contributed by atoms with E-state index in [0.29, 0.717) is 11.7 Å². The number of nitrogens with two attached hydrogens (primary N) is 1. The molecule has 0 saturated heterocycles. The Morgan fingerprint density at radius 1 is 1.69 bits per heavy atom. The average Bonchev–Trinajstić information content (AvgIpc) is 2.41. The summed E-state index contributed by atoms with van der Waals surface area (Å²) in [6.07, 6.45) is -0.252. The molecule has 0 aliphatic heterocycles. The van der Waals surface area contributed by atoms with E-state index in [1.807, 2.05) is 13.8 Å². The van der Waals surface area contributed by atoms with Crippen LogP contribution in [0, 0.1) is 6.92 Å². The van der Waals surface area contributed by atoms with Crippen LogP contribution in [0.15, 0.2) is 0 Å². The molecule has 5 nitrogen and oxygen atoms in total. The highest BCUT2D eigenvalue weighted by atomic mass is 16.5. The number of methoxy groups -OCH3 is 1. The number of aryl methyl sites for hydroxylation is 1. The fourth-order valence-electron chi connectivity index (χ4n) is 1.31. The molecule has 1 unspecified atom stereocenters. The van der Waals surface area contributed by atoms with Crippen LogP contribution in [0.3, 0.4) is 0 Å². The number of aliphatic hydroxyl groups excluding tert-OH is 1. The fourth-order valence-corrected chi connectivity index (χ4v) is 1.31. The number of ether oxygens (including phenoxy) is 1. The Labute approximate surface area is 77.1 Å². The predicted molar refractivity (Wildman–Crippen MR) is 48.3 cm³/mol. The van der Waals surface area contributed by atoms with Crippen molar-refractivity contribution in [2.75, 3.05) is 7.11 Å². The summed E-state index contributed by atoms with van der Waals surface area (Å²) in [4.78, 5) is 4.12. The van der Waals surface area contributed by atoms with Gasteiger partial charge in [-0.25, -0.2) is 4.98 Å². The molecule has 0 spiro atoms. The summed E-state index contributed by atoms with van der Waals surface area (Å²) < 4.78 is 6.71. The van der Waals surface area contributed by atoms with Crippen molar-refractivity contribution in [3.8, 4) is 6.01 Å². The van der Waals surface area contributed by atoms with Gasteiger partial charge in [-0.15, -0.1) is 0 Å². The second kappa shape index (κ2) is 3.76. The minimum absolute atomic E-state index is 0.0796. The molecule has 1 atom stereocenters. The van der Waals surface area contributed by atoms with Crippen molar-refractivity contribution < 1.29 is 9.84 Å². The van der Waals surface area contributed by atoms with E-state index in [4.69, 9.17) is 15.6 Å². The molecule has 0 aromatic carbocycles. The van der Waals surface area contributed by atoms with Crippen molar-refractivity contribution in [1.82, 2.24) is 9.55 Å². The molecule has 13 heavy (non-hydrogen) atoms. The SMILES string of the molecule is COc1nc(C)c(CO)n1C(C)N. The second-order valence-corrected chi connectivity index (χ2v) is 2.90. The zero-order valence-corrected chi connectivity index (χ0v) is 8.11. The first kappa shape index (κ1) is 10.0. The Bertz CT molecular complexity index is 294. The van der Waals surface area contributed by atoms with Crippen LogP contribution >= 0.6 is 0 Å². The van der Waals surface area contributed by atoms with E-state index in [0.717, 1.165) is 5.69 Å². The minimum Gasteiger partial charge on any atom is -0.468 e. The number of nitrogens with zero attached hydrogens (tertiary/aromatic N) is 2. The lowest BCUT2D eigenvalue weighted by atomic mass is 10.3. The molecule has 0 saturated carbocycles. The Balaban J connectivity index is 3.24. The molecule has 0 aliphatic carbocycles. The maximum atomic E-state index is 9.09. The van der Waals surface area contributed by atoms with Gasteiger partial charge in [0.05, 0.1) is 31.3 Å². The van der Waals surface area contributed by atoms with Gasteiger partial charge < -0.3 is 15.6 Å². The van der Waals surface area contributed by atoms with Gasteiger partial charge in [0.15, 0.2) is 0 Å². The van der Waals surface area contributed by atoms with Gasteiger partial charge in [-0.3, -0.25) is 4.57 Å². The molecule has 0 radical (unpaired) electrons. The number of imidazole rings is 1. The van der Waals surface area contributed by atoms with E-state index < -0.39 is 0 Å². The monoisotopic (exact) mass is 185 g/mol. The van der Waals surface area contributed by atoms with Crippen molar-refractivity contribution >= 4 is 0 Å². The van der Waals surface area contributed by atoms with E-state index in [9.17, 15) is 0 Å². The van der Waals surface area contributed by atoms with Gasteiger partial charge in [0.2, 0.25) is 0 Å². The first-order valence-corrected chi connectivity index (χ1v) is 4.10. The lowest BCUT2D eigenvalue weighted by Gasteiger charge is -2.12. The smallest absolute Gasteiger partial charge is 0.297 e. The third kappa shape index (κ3) is 1.66. The molecule has 0 fully saturated rings. The predicted octanol–water partition coefficient (Wildman–Crippen LogP) is 0.170. The summed E-state index contributed by atoms with van der Waals surface area (Å²) in [7, 11) is 1.53. The van der Waals surface area contributed by atoms with E-state index in [-0.39, 0.29) is 12.8 Å². The number of rotatable bonds is 3. The van der Waals surface area contributed by atoms with Crippen LogP contribution < -0.4 is 10.5 Å². The van der Waals surface area contributed by atoms with Gasteiger partial charge in [0.1, 0.15) is 0 Å². The number of hydrogen-bond donors (Lipinski definition) is 2. The van der Waals surface area contributed by atoms with Crippen molar-refractivity contribution in [1.29, 1.82) is 0 Å². The van der Waals surface area contributed by atoms with Crippen molar-refractivity contribution in [2.45, 2.75) is 26.6 Å². The van der Waals surface area contributed by atoms with Crippen molar-refractivity contribution in [2.24, 2.45) is 5.73 Å². The molecule has 1 aromatic rings. The van der Waals surface area contributed by atoms with Gasteiger partial charge >= 0.3 is 0 Å². The van der Waals surface area contributed by atoms with Gasteiger partial charge in [-0.05, 0) is 13.8 Å². The van der Waals surface area contributed by atoms with E-state index in [1.165, 1.54) is 7.11 Å². The summed E-state index contributed by atoms with van der Waals surface area (Å²) in [5, 5.41) is 9.09. The maximum absolute atomic E-state index is 9.09. The average molecular weight is 185 g/mol. The summed E-state index contributed by atoms with van der Waals surface area (Å²) >= 11 is 0.